The molecule has 1 saturated heterocycles. The van der Waals surface area contributed by atoms with Gasteiger partial charge in [-0.2, -0.15) is 13.2 Å². The fourth-order valence-electron chi connectivity index (χ4n) is 3.03. The molecule has 0 aromatic heterocycles. The third-order valence-electron chi connectivity index (χ3n) is 4.30. The van der Waals surface area contributed by atoms with Crippen molar-refractivity contribution in [1.82, 2.24) is 10.2 Å². The number of thioether (sulfide) groups is 1. The van der Waals surface area contributed by atoms with Crippen molar-refractivity contribution in [3.8, 4) is 0 Å². The molecule has 1 saturated carbocycles. The maximum atomic E-state index is 12.3. The van der Waals surface area contributed by atoms with E-state index in [0.29, 0.717) is 5.92 Å². The van der Waals surface area contributed by atoms with Gasteiger partial charge in [-0.05, 0) is 67.7 Å². The van der Waals surface area contributed by atoms with E-state index in [-0.39, 0.29) is 16.7 Å². The van der Waals surface area contributed by atoms with Crippen molar-refractivity contribution in [2.45, 2.75) is 42.3 Å². The predicted octanol–water partition coefficient (Wildman–Crippen LogP) is 3.87. The van der Waals surface area contributed by atoms with Gasteiger partial charge in [-0.1, -0.05) is 12.1 Å². The van der Waals surface area contributed by atoms with Crippen molar-refractivity contribution in [3.05, 3.63) is 29.8 Å². The van der Waals surface area contributed by atoms with Crippen molar-refractivity contribution >= 4 is 11.8 Å². The standard InChI is InChI=1S/C16H21F3N2S/c17-16(18,19)22-15-5-1-12(2-6-15)9-20-10-13-7-8-21(11-13)14-3-4-14/h1-2,5-6,13-14,20H,3-4,7-11H2. The minimum Gasteiger partial charge on any atom is -0.312 e. The van der Waals surface area contributed by atoms with Gasteiger partial charge in [0, 0.05) is 24.0 Å². The summed E-state index contributed by atoms with van der Waals surface area (Å²) in [5, 5.41) is 3.44. The largest absolute Gasteiger partial charge is 0.446 e. The van der Waals surface area contributed by atoms with Crippen LogP contribution < -0.4 is 5.32 Å². The Balaban J connectivity index is 1.38. The zero-order chi connectivity index (χ0) is 15.6. The number of likely N-dealkylation sites (tertiary alicyclic amines) is 1. The lowest BCUT2D eigenvalue weighted by atomic mass is 10.1. The van der Waals surface area contributed by atoms with E-state index in [1.807, 2.05) is 0 Å². The molecule has 122 valence electrons. The summed E-state index contributed by atoms with van der Waals surface area (Å²) in [5.41, 5.74) is -3.18. The molecule has 1 aliphatic heterocycles. The van der Waals surface area contributed by atoms with E-state index >= 15 is 0 Å². The molecule has 1 atom stereocenters. The number of benzene rings is 1. The molecule has 1 aliphatic carbocycles. The molecule has 22 heavy (non-hydrogen) atoms. The number of rotatable bonds is 6. The molecular weight excluding hydrogens is 309 g/mol. The van der Waals surface area contributed by atoms with Crippen LogP contribution in [0.2, 0.25) is 0 Å². The summed E-state index contributed by atoms with van der Waals surface area (Å²) in [4.78, 5) is 2.84. The van der Waals surface area contributed by atoms with E-state index in [2.05, 4.69) is 10.2 Å². The highest BCUT2D eigenvalue weighted by atomic mass is 32.2. The fraction of sp³-hybridized carbons (Fsp3) is 0.625. The lowest BCUT2D eigenvalue weighted by molar-refractivity contribution is -0.0328. The molecule has 2 fully saturated rings. The number of hydrogen-bond donors (Lipinski definition) is 1. The van der Waals surface area contributed by atoms with Gasteiger partial charge in [0.1, 0.15) is 0 Å². The van der Waals surface area contributed by atoms with Crippen LogP contribution in [0.3, 0.4) is 0 Å². The van der Waals surface area contributed by atoms with Crippen molar-refractivity contribution in [2.75, 3.05) is 19.6 Å². The molecule has 2 aliphatic rings. The number of hydrogen-bond acceptors (Lipinski definition) is 3. The third kappa shape index (κ3) is 4.89. The quantitative estimate of drug-likeness (QED) is 0.797. The molecule has 1 unspecified atom stereocenters. The van der Waals surface area contributed by atoms with Gasteiger partial charge in [0.15, 0.2) is 0 Å². The van der Waals surface area contributed by atoms with Gasteiger partial charge in [0.2, 0.25) is 0 Å². The fourth-order valence-corrected chi connectivity index (χ4v) is 3.57. The van der Waals surface area contributed by atoms with Crippen molar-refractivity contribution in [3.63, 3.8) is 0 Å². The second-order valence-corrected chi connectivity index (χ2v) is 7.34. The van der Waals surface area contributed by atoms with E-state index < -0.39 is 5.51 Å². The molecule has 1 aromatic carbocycles. The summed E-state index contributed by atoms with van der Waals surface area (Å²) < 4.78 is 36.8. The van der Waals surface area contributed by atoms with Gasteiger partial charge in [0.05, 0.1) is 0 Å². The first-order valence-electron chi connectivity index (χ1n) is 7.79. The lowest BCUT2D eigenvalue weighted by Gasteiger charge is -2.15. The number of nitrogens with one attached hydrogen (secondary N) is 1. The summed E-state index contributed by atoms with van der Waals surface area (Å²) >= 11 is -0.0634. The van der Waals surface area contributed by atoms with E-state index in [1.54, 1.807) is 24.3 Å². The summed E-state index contributed by atoms with van der Waals surface area (Å²) in [6, 6.07) is 7.47. The van der Waals surface area contributed by atoms with Crippen LogP contribution in [0.25, 0.3) is 0 Å². The summed E-state index contributed by atoms with van der Waals surface area (Å²) in [6.07, 6.45) is 3.98. The highest BCUT2D eigenvalue weighted by Crippen LogP contribution is 2.36. The maximum Gasteiger partial charge on any atom is 0.446 e. The Morgan fingerprint density at radius 1 is 1.14 bits per heavy atom. The van der Waals surface area contributed by atoms with Gasteiger partial charge >= 0.3 is 5.51 Å². The molecule has 3 rings (SSSR count). The van der Waals surface area contributed by atoms with Gasteiger partial charge in [0.25, 0.3) is 0 Å². The second kappa shape index (κ2) is 6.81. The van der Waals surface area contributed by atoms with Crippen molar-refractivity contribution in [1.29, 1.82) is 0 Å². The van der Waals surface area contributed by atoms with Crippen LogP contribution in [0.1, 0.15) is 24.8 Å². The highest BCUT2D eigenvalue weighted by molar-refractivity contribution is 8.00. The Hall–Kier alpha value is -0.720. The van der Waals surface area contributed by atoms with Crippen LogP contribution in [0, 0.1) is 5.92 Å². The van der Waals surface area contributed by atoms with Crippen molar-refractivity contribution < 1.29 is 13.2 Å². The van der Waals surface area contributed by atoms with E-state index in [9.17, 15) is 13.2 Å². The summed E-state index contributed by atoms with van der Waals surface area (Å²) in [7, 11) is 0. The van der Waals surface area contributed by atoms with Crippen LogP contribution in [0.4, 0.5) is 13.2 Å². The molecule has 2 nitrogen and oxygen atoms in total. The Morgan fingerprint density at radius 2 is 1.86 bits per heavy atom. The number of halogens is 3. The van der Waals surface area contributed by atoms with Crippen LogP contribution in [-0.2, 0) is 6.54 Å². The minimum atomic E-state index is -4.21. The van der Waals surface area contributed by atoms with E-state index in [0.717, 1.165) is 24.7 Å². The van der Waals surface area contributed by atoms with E-state index in [1.165, 1.54) is 32.4 Å². The SMILES string of the molecule is FC(F)(F)Sc1ccc(CNCC2CCN(C3CC3)C2)cc1. The molecule has 6 heteroatoms. The van der Waals surface area contributed by atoms with Gasteiger partial charge in [-0.3, -0.25) is 0 Å². The highest BCUT2D eigenvalue weighted by Gasteiger charge is 2.34. The second-order valence-electron chi connectivity index (χ2n) is 6.20. The first kappa shape index (κ1) is 16.1. The van der Waals surface area contributed by atoms with Crippen LogP contribution >= 0.6 is 11.8 Å². The third-order valence-corrected chi connectivity index (χ3v) is 5.04. The Labute approximate surface area is 133 Å². The van der Waals surface area contributed by atoms with Gasteiger partial charge in [-0.15, -0.1) is 0 Å². The van der Waals surface area contributed by atoms with Crippen molar-refractivity contribution in [2.24, 2.45) is 5.92 Å². The molecule has 0 spiro atoms. The monoisotopic (exact) mass is 330 g/mol. The zero-order valence-corrected chi connectivity index (χ0v) is 13.2. The average Bonchev–Trinajstić information content (AvgIpc) is 3.19. The average molecular weight is 330 g/mol. The lowest BCUT2D eigenvalue weighted by Crippen LogP contribution is -2.27. The minimum absolute atomic E-state index is 0.0634. The Bertz CT molecular complexity index is 485. The number of alkyl halides is 3. The van der Waals surface area contributed by atoms with Crippen LogP contribution in [-0.4, -0.2) is 36.1 Å². The Morgan fingerprint density at radius 3 is 2.50 bits per heavy atom. The molecule has 0 amide bonds. The van der Waals surface area contributed by atoms with Gasteiger partial charge < -0.3 is 10.2 Å². The predicted molar refractivity (Wildman–Crippen MR) is 82.8 cm³/mol. The first-order chi connectivity index (χ1) is 10.5. The first-order valence-corrected chi connectivity index (χ1v) is 8.61. The van der Waals surface area contributed by atoms with Crippen LogP contribution in [0.15, 0.2) is 29.2 Å². The Kier molecular flexibility index (Phi) is 5.00. The molecule has 1 aromatic rings. The summed E-state index contributed by atoms with van der Waals surface area (Å²) in [6.45, 7) is 4.12. The molecule has 0 radical (unpaired) electrons. The normalized spacial score (nSPS) is 23.1. The molecule has 1 heterocycles. The number of nitrogens with zero attached hydrogens (tertiary/aromatic N) is 1. The molecular formula is C16H21F3N2S. The molecule has 0 bridgehead atoms. The zero-order valence-electron chi connectivity index (χ0n) is 12.4. The van der Waals surface area contributed by atoms with E-state index in [4.69, 9.17) is 0 Å². The van der Waals surface area contributed by atoms with Gasteiger partial charge in [-0.25, -0.2) is 0 Å². The topological polar surface area (TPSA) is 15.3 Å². The smallest absolute Gasteiger partial charge is 0.312 e. The molecule has 1 N–H and O–H groups in total. The van der Waals surface area contributed by atoms with Crippen LogP contribution in [0.5, 0.6) is 0 Å². The summed E-state index contributed by atoms with van der Waals surface area (Å²) in [5.74, 6) is 0.709. The maximum absolute atomic E-state index is 12.3.